The number of nitrogens with zero attached hydrogens (tertiary/aromatic N) is 5. The van der Waals surface area contributed by atoms with Crippen LogP contribution in [0.25, 0.3) is 0 Å². The minimum atomic E-state index is -0.490. The molecule has 2 aromatic rings. The Morgan fingerprint density at radius 2 is 1.97 bits per heavy atom. The van der Waals surface area contributed by atoms with Crippen molar-refractivity contribution in [2.24, 2.45) is 0 Å². The number of likely N-dealkylation sites (N-methyl/N-ethyl adjacent to an activating group) is 1. The maximum atomic E-state index is 10.4. The molecule has 0 spiro atoms. The van der Waals surface area contributed by atoms with Gasteiger partial charge in [-0.3, -0.25) is 9.80 Å². The molecule has 1 N–H and O–H groups in total. The first kappa shape index (κ1) is 21.7. The van der Waals surface area contributed by atoms with Gasteiger partial charge in [0, 0.05) is 46.2 Å². The van der Waals surface area contributed by atoms with Crippen molar-refractivity contribution in [2.75, 3.05) is 52.9 Å². The van der Waals surface area contributed by atoms with Gasteiger partial charge >= 0.3 is 0 Å². The lowest BCUT2D eigenvalue weighted by atomic mass is 10.2. The summed E-state index contributed by atoms with van der Waals surface area (Å²) in [5.41, 5.74) is 1.13. The Morgan fingerprint density at radius 3 is 2.66 bits per heavy atom. The van der Waals surface area contributed by atoms with Crippen LogP contribution in [0, 0.1) is 6.92 Å². The highest BCUT2D eigenvalue weighted by molar-refractivity contribution is 5.28. The minimum absolute atomic E-state index is 0.301. The Labute approximate surface area is 173 Å². The van der Waals surface area contributed by atoms with Gasteiger partial charge in [-0.05, 0) is 31.3 Å². The van der Waals surface area contributed by atoms with Crippen molar-refractivity contribution in [3.63, 3.8) is 0 Å². The Hall–Kier alpha value is -2.00. The van der Waals surface area contributed by atoms with Crippen LogP contribution >= 0.6 is 0 Å². The monoisotopic (exact) mass is 403 g/mol. The summed E-state index contributed by atoms with van der Waals surface area (Å²) in [6, 6.07) is 7.99. The van der Waals surface area contributed by atoms with Crippen LogP contribution in [0.1, 0.15) is 24.2 Å². The predicted octanol–water partition coefficient (Wildman–Crippen LogP) is 1.39. The standard InChI is InChI=1S/C21H33N5O3/c1-4-25-8-10-26(11-9-25)14-19(27)16-28-20-7-5-6-18(12-20)13-24(3)15-21-22-17(2)29-23-21/h5-7,12,19,27H,4,8-11,13-16H2,1-3H3/t19-/m1/s1. The van der Waals surface area contributed by atoms with E-state index in [1.807, 2.05) is 25.2 Å². The molecule has 0 aliphatic carbocycles. The summed E-state index contributed by atoms with van der Waals surface area (Å²) in [5.74, 6) is 2.04. The lowest BCUT2D eigenvalue weighted by molar-refractivity contribution is 0.0470. The van der Waals surface area contributed by atoms with Crippen LogP contribution in [-0.2, 0) is 13.1 Å². The maximum Gasteiger partial charge on any atom is 0.223 e. The lowest BCUT2D eigenvalue weighted by Crippen LogP contribution is -2.49. The summed E-state index contributed by atoms with van der Waals surface area (Å²) in [4.78, 5) is 11.1. The number of piperazine rings is 1. The first-order chi connectivity index (χ1) is 14.0. The third-order valence-corrected chi connectivity index (χ3v) is 5.16. The van der Waals surface area contributed by atoms with Crippen LogP contribution in [0.15, 0.2) is 28.8 Å². The summed E-state index contributed by atoms with van der Waals surface area (Å²) in [6.07, 6.45) is -0.490. The maximum absolute atomic E-state index is 10.4. The number of aryl methyl sites for hydroxylation is 1. The van der Waals surface area contributed by atoms with E-state index < -0.39 is 6.10 Å². The highest BCUT2D eigenvalue weighted by atomic mass is 16.5. The molecule has 0 radical (unpaired) electrons. The zero-order valence-corrected chi connectivity index (χ0v) is 17.8. The van der Waals surface area contributed by atoms with E-state index in [4.69, 9.17) is 9.26 Å². The van der Waals surface area contributed by atoms with Crippen molar-refractivity contribution in [3.8, 4) is 5.75 Å². The number of benzene rings is 1. The van der Waals surface area contributed by atoms with Gasteiger partial charge in [0.15, 0.2) is 5.82 Å². The molecule has 1 fully saturated rings. The Balaban J connectivity index is 1.42. The van der Waals surface area contributed by atoms with E-state index in [0.29, 0.717) is 31.4 Å². The molecule has 29 heavy (non-hydrogen) atoms. The summed E-state index contributed by atoms with van der Waals surface area (Å²) in [5, 5.41) is 14.3. The molecule has 8 nitrogen and oxygen atoms in total. The molecule has 1 aliphatic rings. The minimum Gasteiger partial charge on any atom is -0.491 e. The van der Waals surface area contributed by atoms with Gasteiger partial charge < -0.3 is 19.3 Å². The van der Waals surface area contributed by atoms with Gasteiger partial charge in [0.05, 0.1) is 6.54 Å². The van der Waals surface area contributed by atoms with Crippen molar-refractivity contribution >= 4 is 0 Å². The number of ether oxygens (including phenoxy) is 1. The number of aliphatic hydroxyl groups is 1. The molecule has 1 atom stereocenters. The second-order valence-electron chi connectivity index (χ2n) is 7.75. The van der Waals surface area contributed by atoms with E-state index in [1.54, 1.807) is 6.92 Å². The molecule has 0 bridgehead atoms. The smallest absolute Gasteiger partial charge is 0.223 e. The van der Waals surface area contributed by atoms with Gasteiger partial charge in [-0.2, -0.15) is 4.98 Å². The molecule has 1 aliphatic heterocycles. The van der Waals surface area contributed by atoms with Crippen molar-refractivity contribution in [3.05, 3.63) is 41.5 Å². The number of hydrogen-bond donors (Lipinski definition) is 1. The molecule has 0 saturated carbocycles. The molecule has 1 saturated heterocycles. The highest BCUT2D eigenvalue weighted by Gasteiger charge is 2.18. The Bertz CT molecular complexity index is 745. The summed E-state index contributed by atoms with van der Waals surface area (Å²) >= 11 is 0. The second kappa shape index (κ2) is 10.7. The lowest BCUT2D eigenvalue weighted by Gasteiger charge is -2.34. The van der Waals surface area contributed by atoms with Crippen molar-refractivity contribution in [2.45, 2.75) is 33.0 Å². The summed E-state index contributed by atoms with van der Waals surface area (Å²) in [7, 11) is 2.02. The molecule has 1 aromatic carbocycles. The van der Waals surface area contributed by atoms with Gasteiger partial charge in [0.1, 0.15) is 18.5 Å². The van der Waals surface area contributed by atoms with Crippen LogP contribution in [0.4, 0.5) is 0 Å². The first-order valence-corrected chi connectivity index (χ1v) is 10.3. The predicted molar refractivity (Wildman–Crippen MR) is 111 cm³/mol. The number of aromatic nitrogens is 2. The van der Waals surface area contributed by atoms with Gasteiger partial charge in [-0.1, -0.05) is 24.2 Å². The third kappa shape index (κ3) is 7.08. The second-order valence-corrected chi connectivity index (χ2v) is 7.75. The van der Waals surface area contributed by atoms with Crippen molar-refractivity contribution < 1.29 is 14.4 Å². The van der Waals surface area contributed by atoms with Gasteiger partial charge in [-0.25, -0.2) is 0 Å². The van der Waals surface area contributed by atoms with Gasteiger partial charge in [0.25, 0.3) is 0 Å². The Morgan fingerprint density at radius 1 is 1.21 bits per heavy atom. The molecular formula is C21H33N5O3. The quantitative estimate of drug-likeness (QED) is 0.638. The van der Waals surface area contributed by atoms with E-state index in [-0.39, 0.29) is 0 Å². The van der Waals surface area contributed by atoms with Crippen LogP contribution in [-0.4, -0.2) is 89.0 Å². The molecule has 0 unspecified atom stereocenters. The first-order valence-electron chi connectivity index (χ1n) is 10.3. The molecule has 8 heteroatoms. The van der Waals surface area contributed by atoms with E-state index in [0.717, 1.165) is 50.6 Å². The molecule has 160 valence electrons. The zero-order chi connectivity index (χ0) is 20.6. The fraction of sp³-hybridized carbons (Fsp3) is 0.619. The number of β-amino-alcohol motifs (C(OH)–C–C–N with tert-alkyl or cyclic N) is 1. The van der Waals surface area contributed by atoms with E-state index in [9.17, 15) is 5.11 Å². The van der Waals surface area contributed by atoms with E-state index >= 15 is 0 Å². The van der Waals surface area contributed by atoms with E-state index in [2.05, 4.69) is 37.8 Å². The van der Waals surface area contributed by atoms with Crippen LogP contribution in [0.5, 0.6) is 5.75 Å². The van der Waals surface area contributed by atoms with Gasteiger partial charge in [0.2, 0.25) is 5.89 Å². The summed E-state index contributed by atoms with van der Waals surface area (Å²) in [6.45, 7) is 11.6. The van der Waals surface area contributed by atoms with E-state index in [1.165, 1.54) is 0 Å². The van der Waals surface area contributed by atoms with Crippen LogP contribution in [0.2, 0.25) is 0 Å². The molecule has 1 aromatic heterocycles. The normalized spacial score (nSPS) is 17.0. The average molecular weight is 404 g/mol. The fourth-order valence-corrected chi connectivity index (χ4v) is 3.58. The molecular weight excluding hydrogens is 370 g/mol. The average Bonchev–Trinajstić information content (AvgIpc) is 3.11. The largest absolute Gasteiger partial charge is 0.491 e. The zero-order valence-electron chi connectivity index (χ0n) is 17.8. The van der Waals surface area contributed by atoms with Gasteiger partial charge in [-0.15, -0.1) is 0 Å². The summed E-state index contributed by atoms with van der Waals surface area (Å²) < 4.78 is 10.9. The Kier molecular flexibility index (Phi) is 8.00. The SMILES string of the molecule is CCN1CCN(C[C@@H](O)COc2cccc(CN(C)Cc3noc(C)n3)c2)CC1. The van der Waals surface area contributed by atoms with Crippen molar-refractivity contribution in [1.82, 2.24) is 24.8 Å². The fourth-order valence-electron chi connectivity index (χ4n) is 3.58. The molecule has 2 heterocycles. The topological polar surface area (TPSA) is 78.1 Å². The number of rotatable bonds is 10. The number of hydrogen-bond acceptors (Lipinski definition) is 8. The number of aliphatic hydroxyl groups excluding tert-OH is 1. The highest BCUT2D eigenvalue weighted by Crippen LogP contribution is 2.16. The van der Waals surface area contributed by atoms with Crippen LogP contribution in [0.3, 0.4) is 0 Å². The molecule has 3 rings (SSSR count). The molecule has 0 amide bonds. The van der Waals surface area contributed by atoms with Crippen molar-refractivity contribution in [1.29, 1.82) is 0 Å². The van der Waals surface area contributed by atoms with Crippen LogP contribution < -0.4 is 4.74 Å². The third-order valence-electron chi connectivity index (χ3n) is 5.16.